The molecule has 2 N–H and O–H groups in total. The average molecular weight is 501 g/mol. The van der Waals surface area contributed by atoms with Crippen LogP contribution in [0.5, 0.6) is 0 Å². The Morgan fingerprint density at radius 1 is 1.00 bits per heavy atom. The molecule has 2 aliphatic heterocycles. The average Bonchev–Trinajstić information content (AvgIpc) is 3.38. The molecule has 198 valence electrons. The van der Waals surface area contributed by atoms with Crippen molar-refractivity contribution in [3.8, 4) is 0 Å². The number of carbonyl (C=O) groups is 4. The van der Waals surface area contributed by atoms with E-state index in [4.69, 9.17) is 0 Å². The van der Waals surface area contributed by atoms with Crippen molar-refractivity contribution in [1.82, 2.24) is 15.1 Å². The Balaban J connectivity index is 1.74. The Labute approximate surface area is 213 Å². The van der Waals surface area contributed by atoms with Gasteiger partial charge in [0, 0.05) is 31.9 Å². The highest BCUT2D eigenvalue weighted by Gasteiger charge is 2.52. The van der Waals surface area contributed by atoms with E-state index in [0.717, 1.165) is 5.69 Å². The van der Waals surface area contributed by atoms with Crippen LogP contribution in [0.4, 0.5) is 5.69 Å². The maximum absolute atomic E-state index is 13.6. The highest BCUT2D eigenvalue weighted by molar-refractivity contribution is 6.01. The molecule has 0 aromatic heterocycles. The van der Waals surface area contributed by atoms with Crippen LogP contribution in [0.3, 0.4) is 0 Å². The molecule has 1 unspecified atom stereocenters. The van der Waals surface area contributed by atoms with Crippen molar-refractivity contribution in [2.45, 2.75) is 71.2 Å². The molecule has 2 fully saturated rings. The van der Waals surface area contributed by atoms with E-state index in [-0.39, 0.29) is 36.0 Å². The highest BCUT2D eigenvalue weighted by atomic mass is 16.3. The number of rotatable bonds is 9. The molecular weight excluding hydrogens is 460 g/mol. The summed E-state index contributed by atoms with van der Waals surface area (Å²) in [5, 5.41) is 13.2. The largest absolute Gasteiger partial charge is 0.383 e. The second-order valence-corrected chi connectivity index (χ2v) is 11.0. The monoisotopic (exact) mass is 500 g/mol. The van der Waals surface area contributed by atoms with Crippen LogP contribution in [-0.4, -0.2) is 89.8 Å². The number of ketones is 1. The fourth-order valence-electron chi connectivity index (χ4n) is 5.14. The summed E-state index contributed by atoms with van der Waals surface area (Å²) in [6.07, 6.45) is 0.0595. The topological polar surface area (TPSA) is 110 Å². The minimum absolute atomic E-state index is 0.105. The molecule has 3 amide bonds. The molecule has 1 aromatic carbocycles. The van der Waals surface area contributed by atoms with Crippen molar-refractivity contribution < 1.29 is 24.3 Å². The molecule has 9 nitrogen and oxygen atoms in total. The molecule has 36 heavy (non-hydrogen) atoms. The number of aliphatic hydroxyl groups excluding tert-OH is 1. The first-order valence-corrected chi connectivity index (χ1v) is 12.8. The van der Waals surface area contributed by atoms with E-state index < -0.39 is 30.1 Å². The Morgan fingerprint density at radius 2 is 1.61 bits per heavy atom. The summed E-state index contributed by atoms with van der Waals surface area (Å²) in [5.41, 5.74) is 1.41. The van der Waals surface area contributed by atoms with Gasteiger partial charge >= 0.3 is 0 Å². The van der Waals surface area contributed by atoms with Gasteiger partial charge in [0.15, 0.2) is 5.78 Å². The van der Waals surface area contributed by atoms with E-state index in [2.05, 4.69) is 5.32 Å². The van der Waals surface area contributed by atoms with E-state index in [1.165, 1.54) is 9.80 Å². The molecule has 3 rings (SSSR count). The first-order valence-electron chi connectivity index (χ1n) is 12.8. The van der Waals surface area contributed by atoms with Gasteiger partial charge in [0.1, 0.15) is 18.2 Å². The maximum Gasteiger partial charge on any atom is 0.252 e. The lowest BCUT2D eigenvalue weighted by Gasteiger charge is -2.29. The van der Waals surface area contributed by atoms with Crippen molar-refractivity contribution >= 4 is 29.2 Å². The summed E-state index contributed by atoms with van der Waals surface area (Å²) >= 11 is 0. The first kappa shape index (κ1) is 27.6. The Bertz CT molecular complexity index is 975. The first-order chi connectivity index (χ1) is 16.9. The number of carbonyl (C=O) groups excluding carboxylic acids is 4. The third kappa shape index (κ3) is 6.06. The Morgan fingerprint density at radius 3 is 2.17 bits per heavy atom. The predicted molar refractivity (Wildman–Crippen MR) is 138 cm³/mol. The summed E-state index contributed by atoms with van der Waals surface area (Å²) in [6.45, 7) is 8.01. The van der Waals surface area contributed by atoms with Crippen molar-refractivity contribution in [3.63, 3.8) is 0 Å². The second-order valence-electron chi connectivity index (χ2n) is 11.0. The molecule has 0 aliphatic carbocycles. The number of nitrogens with zero attached hydrogens (tertiary/aromatic N) is 3. The molecule has 2 saturated heterocycles. The number of hydrogen-bond donors (Lipinski definition) is 2. The molecule has 2 aliphatic rings. The maximum atomic E-state index is 13.6. The van der Waals surface area contributed by atoms with E-state index in [9.17, 15) is 24.3 Å². The fourth-order valence-corrected chi connectivity index (χ4v) is 5.14. The molecule has 0 saturated carbocycles. The standard InChI is InChI=1S/C27H40N4O5/c1-16(2)13-20(28-25(34)18-7-9-19(10-8-18)29(5)6)26(35)30-12-11-21-24(30)23(33)15-31(21)27(36)22(32)14-17(3)4/h7-10,16-17,20-22,24,32H,11-15H2,1-6H3,(H,28,34)/t20-,21?,22-,24-/m0/s1. The summed E-state index contributed by atoms with van der Waals surface area (Å²) < 4.78 is 0. The number of amides is 3. The highest BCUT2D eigenvalue weighted by Crippen LogP contribution is 2.31. The summed E-state index contributed by atoms with van der Waals surface area (Å²) in [4.78, 5) is 57.3. The van der Waals surface area contributed by atoms with Crippen molar-refractivity contribution in [2.75, 3.05) is 32.1 Å². The SMILES string of the molecule is CC(C)C[C@H](NC(=O)c1ccc(N(C)C)cc1)C(=O)N1CCC2[C@H]1C(=O)CN2C(=O)[C@@H](O)CC(C)C. The second kappa shape index (κ2) is 11.4. The summed E-state index contributed by atoms with van der Waals surface area (Å²) in [5.74, 6) is -1.03. The van der Waals surface area contributed by atoms with Gasteiger partial charge < -0.3 is 25.1 Å². The van der Waals surface area contributed by atoms with Gasteiger partial charge in [0.05, 0.1) is 12.6 Å². The van der Waals surface area contributed by atoms with E-state index in [1.54, 1.807) is 12.1 Å². The molecule has 1 aromatic rings. The number of aliphatic hydroxyl groups is 1. The van der Waals surface area contributed by atoms with Crippen LogP contribution in [0.1, 0.15) is 57.3 Å². The van der Waals surface area contributed by atoms with Crippen LogP contribution in [0.2, 0.25) is 0 Å². The third-order valence-electron chi connectivity index (χ3n) is 6.92. The molecule has 9 heteroatoms. The molecule has 2 heterocycles. The Hall–Kier alpha value is -2.94. The molecular formula is C27H40N4O5. The number of likely N-dealkylation sites (tertiary alicyclic amines) is 2. The molecule has 0 spiro atoms. The third-order valence-corrected chi connectivity index (χ3v) is 6.92. The van der Waals surface area contributed by atoms with Crippen LogP contribution in [0, 0.1) is 11.8 Å². The summed E-state index contributed by atoms with van der Waals surface area (Å²) in [6, 6.07) is 5.17. The fraction of sp³-hybridized carbons (Fsp3) is 0.630. The van der Waals surface area contributed by atoms with E-state index in [0.29, 0.717) is 31.4 Å². The lowest BCUT2D eigenvalue weighted by molar-refractivity contribution is -0.142. The van der Waals surface area contributed by atoms with E-state index >= 15 is 0 Å². The number of Topliss-reactive ketones (excluding diaryl/α,β-unsaturated/α-hetero) is 1. The number of benzene rings is 1. The van der Waals surface area contributed by atoms with Gasteiger partial charge in [-0.1, -0.05) is 27.7 Å². The van der Waals surface area contributed by atoms with Crippen LogP contribution < -0.4 is 10.2 Å². The number of fused-ring (bicyclic) bond motifs is 1. The van der Waals surface area contributed by atoms with Crippen LogP contribution >= 0.6 is 0 Å². The van der Waals surface area contributed by atoms with Crippen LogP contribution in [0.15, 0.2) is 24.3 Å². The van der Waals surface area contributed by atoms with Crippen molar-refractivity contribution in [2.24, 2.45) is 11.8 Å². The van der Waals surface area contributed by atoms with Crippen molar-refractivity contribution in [3.05, 3.63) is 29.8 Å². The molecule has 4 atom stereocenters. The zero-order valence-corrected chi connectivity index (χ0v) is 22.2. The van der Waals surface area contributed by atoms with Gasteiger partial charge in [-0.25, -0.2) is 0 Å². The van der Waals surface area contributed by atoms with Crippen molar-refractivity contribution in [1.29, 1.82) is 0 Å². The van der Waals surface area contributed by atoms with Gasteiger partial charge in [-0.2, -0.15) is 0 Å². The quantitative estimate of drug-likeness (QED) is 0.534. The van der Waals surface area contributed by atoms with Gasteiger partial charge in [-0.15, -0.1) is 0 Å². The van der Waals surface area contributed by atoms with E-state index in [1.807, 2.05) is 58.8 Å². The zero-order valence-electron chi connectivity index (χ0n) is 22.2. The molecule has 0 bridgehead atoms. The number of nitrogens with one attached hydrogen (secondary N) is 1. The minimum Gasteiger partial charge on any atom is -0.383 e. The van der Waals surface area contributed by atoms with Gasteiger partial charge in [-0.3, -0.25) is 19.2 Å². The van der Waals surface area contributed by atoms with Crippen LogP contribution in [0.25, 0.3) is 0 Å². The Kier molecular flexibility index (Phi) is 8.76. The van der Waals surface area contributed by atoms with Gasteiger partial charge in [-0.05, 0) is 55.4 Å². The predicted octanol–water partition coefficient (Wildman–Crippen LogP) is 1.68. The normalized spacial score (nSPS) is 21.1. The van der Waals surface area contributed by atoms with Gasteiger partial charge in [0.25, 0.3) is 11.8 Å². The number of anilines is 1. The summed E-state index contributed by atoms with van der Waals surface area (Å²) in [7, 11) is 3.83. The zero-order chi connectivity index (χ0) is 26.7. The minimum atomic E-state index is -1.16. The lowest BCUT2D eigenvalue weighted by Crippen LogP contribution is -2.53. The van der Waals surface area contributed by atoms with Gasteiger partial charge in [0.2, 0.25) is 5.91 Å². The molecule has 0 radical (unpaired) electrons. The lowest BCUT2D eigenvalue weighted by atomic mass is 10.0. The smallest absolute Gasteiger partial charge is 0.252 e. The number of hydrogen-bond acceptors (Lipinski definition) is 6. The van der Waals surface area contributed by atoms with Crippen LogP contribution in [-0.2, 0) is 14.4 Å².